The smallest absolute Gasteiger partial charge is 0.256 e. The molecule has 2 aromatic rings. The number of anilines is 1. The number of benzene rings is 1. The van der Waals surface area contributed by atoms with E-state index in [1.807, 2.05) is 31.4 Å². The molecule has 1 aromatic heterocycles. The van der Waals surface area contributed by atoms with E-state index in [4.69, 9.17) is 11.6 Å². The molecule has 0 aliphatic heterocycles. The van der Waals surface area contributed by atoms with Gasteiger partial charge < -0.3 is 5.32 Å². The third-order valence-electron chi connectivity index (χ3n) is 2.58. The number of hydrogen-bond donors (Lipinski definition) is 1. The van der Waals surface area contributed by atoms with Gasteiger partial charge >= 0.3 is 0 Å². The highest BCUT2D eigenvalue weighted by Gasteiger charge is 2.12. The molecule has 1 amide bonds. The van der Waals surface area contributed by atoms with Crippen molar-refractivity contribution in [1.29, 1.82) is 0 Å². The number of rotatable bonds is 3. The Labute approximate surface area is 121 Å². The summed E-state index contributed by atoms with van der Waals surface area (Å²) in [5.74, 6) is -0.181. The van der Waals surface area contributed by atoms with E-state index in [0.717, 1.165) is 10.5 Å². The molecule has 0 unspecified atom stereocenters. The standard InChI is InChI=1S/C14H13ClN2OS/c1-9-7-11(13(15)16-8-9)17-14(18)10-5-3-4-6-12(10)19-2/h3-8H,1-2H3,(H,17,18). The minimum atomic E-state index is -0.181. The van der Waals surface area contributed by atoms with Crippen molar-refractivity contribution < 1.29 is 4.79 Å². The van der Waals surface area contributed by atoms with Gasteiger partial charge in [0.25, 0.3) is 5.91 Å². The molecule has 0 aliphatic rings. The van der Waals surface area contributed by atoms with Crippen LogP contribution in [0.1, 0.15) is 15.9 Å². The van der Waals surface area contributed by atoms with Crippen LogP contribution in [0.25, 0.3) is 0 Å². The minimum Gasteiger partial charge on any atom is -0.319 e. The van der Waals surface area contributed by atoms with E-state index in [2.05, 4.69) is 10.3 Å². The first kappa shape index (κ1) is 13.9. The van der Waals surface area contributed by atoms with Gasteiger partial charge in [-0.3, -0.25) is 4.79 Å². The first-order valence-corrected chi connectivity index (χ1v) is 7.28. The van der Waals surface area contributed by atoms with Gasteiger partial charge in [-0.15, -0.1) is 11.8 Å². The Hall–Kier alpha value is -1.52. The molecule has 98 valence electrons. The fourth-order valence-electron chi connectivity index (χ4n) is 1.66. The second-order valence-electron chi connectivity index (χ2n) is 4.01. The van der Waals surface area contributed by atoms with Crippen LogP contribution < -0.4 is 5.32 Å². The van der Waals surface area contributed by atoms with Crippen molar-refractivity contribution in [2.75, 3.05) is 11.6 Å². The van der Waals surface area contributed by atoms with Crippen LogP contribution in [0.2, 0.25) is 5.15 Å². The van der Waals surface area contributed by atoms with E-state index in [-0.39, 0.29) is 5.91 Å². The lowest BCUT2D eigenvalue weighted by atomic mass is 10.2. The average Bonchev–Trinajstić information content (AvgIpc) is 2.42. The molecule has 3 nitrogen and oxygen atoms in total. The Balaban J connectivity index is 2.28. The Morgan fingerprint density at radius 2 is 2.11 bits per heavy atom. The Kier molecular flexibility index (Phi) is 4.45. The van der Waals surface area contributed by atoms with Crippen molar-refractivity contribution in [3.05, 3.63) is 52.8 Å². The minimum absolute atomic E-state index is 0.181. The van der Waals surface area contributed by atoms with Gasteiger partial charge in [0, 0.05) is 11.1 Å². The van der Waals surface area contributed by atoms with Gasteiger partial charge in [-0.2, -0.15) is 0 Å². The summed E-state index contributed by atoms with van der Waals surface area (Å²) in [5.41, 5.74) is 2.10. The number of aromatic nitrogens is 1. The zero-order valence-electron chi connectivity index (χ0n) is 10.6. The second-order valence-corrected chi connectivity index (χ2v) is 5.21. The summed E-state index contributed by atoms with van der Waals surface area (Å²) in [6.45, 7) is 1.90. The van der Waals surface area contributed by atoms with E-state index in [1.54, 1.807) is 18.3 Å². The summed E-state index contributed by atoms with van der Waals surface area (Å²) in [5, 5.41) is 3.09. The maximum absolute atomic E-state index is 12.2. The first-order valence-electron chi connectivity index (χ1n) is 5.68. The molecule has 0 aliphatic carbocycles. The SMILES string of the molecule is CSc1ccccc1C(=O)Nc1cc(C)cnc1Cl. The van der Waals surface area contributed by atoms with Crippen LogP contribution in [0.4, 0.5) is 5.69 Å². The van der Waals surface area contributed by atoms with Gasteiger partial charge in [-0.05, 0) is 36.9 Å². The largest absolute Gasteiger partial charge is 0.319 e. The predicted molar refractivity (Wildman–Crippen MR) is 80.2 cm³/mol. The van der Waals surface area contributed by atoms with Gasteiger partial charge in [0.15, 0.2) is 5.15 Å². The molecular weight excluding hydrogens is 280 g/mol. The van der Waals surface area contributed by atoms with Gasteiger partial charge in [-0.25, -0.2) is 4.98 Å². The van der Waals surface area contributed by atoms with E-state index in [1.165, 1.54) is 11.8 Å². The molecule has 2 rings (SSSR count). The topological polar surface area (TPSA) is 42.0 Å². The molecule has 0 radical (unpaired) electrons. The van der Waals surface area contributed by atoms with Crippen molar-refractivity contribution >= 4 is 35.0 Å². The van der Waals surface area contributed by atoms with Crippen LogP contribution in [0.5, 0.6) is 0 Å². The Morgan fingerprint density at radius 1 is 1.37 bits per heavy atom. The molecule has 0 saturated carbocycles. The number of hydrogen-bond acceptors (Lipinski definition) is 3. The van der Waals surface area contributed by atoms with Crippen molar-refractivity contribution in [2.24, 2.45) is 0 Å². The molecule has 0 saturated heterocycles. The number of amides is 1. The van der Waals surface area contributed by atoms with E-state index < -0.39 is 0 Å². The molecule has 0 bridgehead atoms. The number of pyridine rings is 1. The summed E-state index contributed by atoms with van der Waals surface area (Å²) < 4.78 is 0. The number of aryl methyl sites for hydroxylation is 1. The number of nitrogens with one attached hydrogen (secondary N) is 1. The number of thioether (sulfide) groups is 1. The molecule has 5 heteroatoms. The fraction of sp³-hybridized carbons (Fsp3) is 0.143. The number of carbonyl (C=O) groups excluding carboxylic acids is 1. The molecule has 1 aromatic carbocycles. The van der Waals surface area contributed by atoms with Crippen molar-refractivity contribution in [2.45, 2.75) is 11.8 Å². The van der Waals surface area contributed by atoms with E-state index >= 15 is 0 Å². The zero-order chi connectivity index (χ0) is 13.8. The third kappa shape index (κ3) is 3.28. The maximum Gasteiger partial charge on any atom is 0.256 e. The summed E-state index contributed by atoms with van der Waals surface area (Å²) in [7, 11) is 0. The van der Waals surface area contributed by atoms with Crippen LogP contribution in [0.3, 0.4) is 0 Å². The van der Waals surface area contributed by atoms with Crippen molar-refractivity contribution in [3.63, 3.8) is 0 Å². The first-order chi connectivity index (χ1) is 9.11. The van der Waals surface area contributed by atoms with Gasteiger partial charge in [-0.1, -0.05) is 23.7 Å². The Bertz CT molecular complexity index is 616. The molecular formula is C14H13ClN2OS. The highest BCUT2D eigenvalue weighted by atomic mass is 35.5. The summed E-state index contributed by atoms with van der Waals surface area (Å²) >= 11 is 7.50. The van der Waals surface area contributed by atoms with Crippen LogP contribution >= 0.6 is 23.4 Å². The molecule has 19 heavy (non-hydrogen) atoms. The quantitative estimate of drug-likeness (QED) is 0.686. The Morgan fingerprint density at radius 3 is 2.84 bits per heavy atom. The molecule has 1 heterocycles. The van der Waals surface area contributed by atoms with E-state index in [0.29, 0.717) is 16.4 Å². The van der Waals surface area contributed by atoms with Crippen LogP contribution in [-0.2, 0) is 0 Å². The van der Waals surface area contributed by atoms with Crippen LogP contribution in [0.15, 0.2) is 41.4 Å². The maximum atomic E-state index is 12.2. The van der Waals surface area contributed by atoms with E-state index in [9.17, 15) is 4.79 Å². The molecule has 1 N–H and O–H groups in total. The summed E-state index contributed by atoms with van der Waals surface area (Å²) in [6.07, 6.45) is 3.60. The van der Waals surface area contributed by atoms with Gasteiger partial charge in [0.1, 0.15) is 0 Å². The van der Waals surface area contributed by atoms with Gasteiger partial charge in [0.05, 0.1) is 11.3 Å². The second kappa shape index (κ2) is 6.08. The number of halogens is 1. The highest BCUT2D eigenvalue weighted by molar-refractivity contribution is 7.98. The third-order valence-corrected chi connectivity index (χ3v) is 3.67. The molecule has 0 atom stereocenters. The van der Waals surface area contributed by atoms with Crippen LogP contribution in [0, 0.1) is 6.92 Å². The lowest BCUT2D eigenvalue weighted by Gasteiger charge is -2.09. The monoisotopic (exact) mass is 292 g/mol. The van der Waals surface area contributed by atoms with Crippen LogP contribution in [-0.4, -0.2) is 17.1 Å². The van der Waals surface area contributed by atoms with Crippen molar-refractivity contribution in [1.82, 2.24) is 4.98 Å². The normalized spacial score (nSPS) is 10.3. The summed E-state index contributed by atoms with van der Waals surface area (Å²) in [4.78, 5) is 17.2. The fourth-order valence-corrected chi connectivity index (χ4v) is 2.41. The predicted octanol–water partition coefficient (Wildman–Crippen LogP) is 4.02. The highest BCUT2D eigenvalue weighted by Crippen LogP contribution is 2.24. The van der Waals surface area contributed by atoms with Crippen molar-refractivity contribution in [3.8, 4) is 0 Å². The molecule has 0 fully saturated rings. The number of carbonyl (C=O) groups is 1. The summed E-state index contributed by atoms with van der Waals surface area (Å²) in [6, 6.07) is 9.25. The lowest BCUT2D eigenvalue weighted by molar-refractivity contribution is 0.102. The number of nitrogens with zero attached hydrogens (tertiary/aromatic N) is 1. The molecule has 0 spiro atoms. The lowest BCUT2D eigenvalue weighted by Crippen LogP contribution is -2.13. The van der Waals surface area contributed by atoms with Gasteiger partial charge in [0.2, 0.25) is 0 Å². The zero-order valence-corrected chi connectivity index (χ0v) is 12.2. The average molecular weight is 293 g/mol.